The van der Waals surface area contributed by atoms with Gasteiger partial charge in [-0.2, -0.15) is 18.3 Å². The highest BCUT2D eigenvalue weighted by Gasteiger charge is 2.30. The highest BCUT2D eigenvalue weighted by atomic mass is 32.1. The number of nitrogens with zero attached hydrogens (tertiary/aromatic N) is 2. The number of halogens is 4. The zero-order valence-corrected chi connectivity index (χ0v) is 11.0. The third-order valence-corrected chi connectivity index (χ3v) is 2.94. The van der Waals surface area contributed by atoms with Gasteiger partial charge in [-0.05, 0) is 18.2 Å². The lowest BCUT2D eigenvalue weighted by Crippen LogP contribution is -2.18. The van der Waals surface area contributed by atoms with Crippen molar-refractivity contribution < 1.29 is 22.4 Å². The molecule has 0 saturated heterocycles. The van der Waals surface area contributed by atoms with Gasteiger partial charge in [0, 0.05) is 10.9 Å². The lowest BCUT2D eigenvalue weighted by molar-refractivity contribution is -0.137. The Morgan fingerprint density at radius 3 is 2.76 bits per heavy atom. The van der Waals surface area contributed by atoms with E-state index in [2.05, 4.69) is 10.1 Å². The number of alkyl halides is 3. The zero-order chi connectivity index (χ0) is 15.5. The maximum Gasteiger partial charge on any atom is 0.416 e. The summed E-state index contributed by atoms with van der Waals surface area (Å²) in [5, 5.41) is 4.88. The van der Waals surface area contributed by atoms with Crippen LogP contribution in [0.5, 0.6) is 0 Å². The number of rotatable bonds is 3. The molecule has 0 unspecified atom stereocenters. The van der Waals surface area contributed by atoms with E-state index in [0.29, 0.717) is 18.2 Å². The summed E-state index contributed by atoms with van der Waals surface area (Å²) in [6.07, 6.45) is -3.78. The zero-order valence-electron chi connectivity index (χ0n) is 10.2. The van der Waals surface area contributed by atoms with Gasteiger partial charge in [0.2, 0.25) is 0 Å². The highest BCUT2D eigenvalue weighted by molar-refractivity contribution is 7.07. The van der Waals surface area contributed by atoms with Crippen molar-refractivity contribution in [2.45, 2.75) is 6.18 Å². The third-order valence-electron chi connectivity index (χ3n) is 2.36. The van der Waals surface area contributed by atoms with Crippen LogP contribution in [0.2, 0.25) is 0 Å². The molecule has 0 atom stereocenters. The molecule has 0 aliphatic heterocycles. The molecule has 0 saturated carbocycles. The van der Waals surface area contributed by atoms with Crippen molar-refractivity contribution in [1.82, 2.24) is 10.4 Å². The van der Waals surface area contributed by atoms with Gasteiger partial charge in [0.25, 0.3) is 5.91 Å². The molecule has 0 fully saturated rings. The minimum Gasteiger partial charge on any atom is -0.266 e. The molecular weight excluding hydrogens is 310 g/mol. The largest absolute Gasteiger partial charge is 0.416 e. The smallest absolute Gasteiger partial charge is 0.266 e. The number of hydrogen-bond donors (Lipinski definition) is 1. The Hall–Kier alpha value is -2.29. The first-order valence-corrected chi connectivity index (χ1v) is 6.40. The summed E-state index contributed by atoms with van der Waals surface area (Å²) in [5.74, 6) is -1.52. The first-order valence-electron chi connectivity index (χ1n) is 5.46. The summed E-state index contributed by atoms with van der Waals surface area (Å²) in [4.78, 5) is 15.2. The first-order chi connectivity index (χ1) is 9.88. The molecule has 2 aromatic rings. The topological polar surface area (TPSA) is 54.4 Å². The number of nitrogens with one attached hydrogen (secondary N) is 1. The molecule has 1 heterocycles. The average Bonchev–Trinajstić information content (AvgIpc) is 2.93. The quantitative estimate of drug-likeness (QED) is 0.537. The van der Waals surface area contributed by atoms with E-state index in [1.807, 2.05) is 5.43 Å². The van der Waals surface area contributed by atoms with Crippen LogP contribution >= 0.6 is 11.3 Å². The molecule has 110 valence electrons. The van der Waals surface area contributed by atoms with Gasteiger partial charge in [-0.25, -0.2) is 14.8 Å². The van der Waals surface area contributed by atoms with E-state index >= 15 is 0 Å². The summed E-state index contributed by atoms with van der Waals surface area (Å²) < 4.78 is 50.8. The van der Waals surface area contributed by atoms with Crippen LogP contribution in [0.25, 0.3) is 0 Å². The lowest BCUT2D eigenvalue weighted by atomic mass is 10.1. The number of amides is 1. The number of hydrazone groups is 1. The highest BCUT2D eigenvalue weighted by Crippen LogP contribution is 2.29. The van der Waals surface area contributed by atoms with Gasteiger partial charge >= 0.3 is 6.18 Å². The first kappa shape index (κ1) is 15.1. The number of carbonyl (C=O) groups excluding carboxylic acids is 1. The average molecular weight is 317 g/mol. The van der Waals surface area contributed by atoms with E-state index in [1.54, 1.807) is 0 Å². The maximum atomic E-state index is 13.4. The van der Waals surface area contributed by atoms with Crippen LogP contribution in [0.15, 0.2) is 34.2 Å². The lowest BCUT2D eigenvalue weighted by Gasteiger charge is -2.07. The van der Waals surface area contributed by atoms with Crippen molar-refractivity contribution in [3.8, 4) is 0 Å². The Labute approximate surface area is 120 Å². The molecule has 9 heteroatoms. The number of carbonyl (C=O) groups is 1. The second-order valence-corrected chi connectivity index (χ2v) is 4.53. The normalized spacial score (nSPS) is 11.8. The summed E-state index contributed by atoms with van der Waals surface area (Å²) in [5.41, 5.74) is 2.20. The maximum absolute atomic E-state index is 13.4. The number of hydrogen-bond acceptors (Lipinski definition) is 4. The van der Waals surface area contributed by atoms with Gasteiger partial charge in [-0.3, -0.25) is 4.79 Å². The van der Waals surface area contributed by atoms with E-state index in [0.717, 1.165) is 6.21 Å². The van der Waals surface area contributed by atoms with Crippen LogP contribution in [-0.4, -0.2) is 17.1 Å². The molecular formula is C12H7F4N3OS. The van der Waals surface area contributed by atoms with Crippen molar-refractivity contribution in [3.63, 3.8) is 0 Å². The predicted molar refractivity (Wildman–Crippen MR) is 68.6 cm³/mol. The van der Waals surface area contributed by atoms with E-state index < -0.39 is 23.5 Å². The standard InChI is InChI=1S/C12H7F4N3OS/c13-9-2-1-8(12(14,15)16)3-7(9)4-18-19-11(20)10-5-21-6-17-10/h1-6H,(H,19,20)/b18-4+. The number of aromatic nitrogens is 1. The molecule has 1 aromatic heterocycles. The van der Waals surface area contributed by atoms with Gasteiger partial charge in [0.1, 0.15) is 11.5 Å². The fraction of sp³-hybridized carbons (Fsp3) is 0.0833. The van der Waals surface area contributed by atoms with Crippen LogP contribution < -0.4 is 5.43 Å². The predicted octanol–water partition coefficient (Wildman–Crippen LogP) is 3.06. The van der Waals surface area contributed by atoms with Crippen LogP contribution in [0, 0.1) is 5.82 Å². The van der Waals surface area contributed by atoms with Gasteiger partial charge in [0.05, 0.1) is 17.3 Å². The molecule has 1 amide bonds. The van der Waals surface area contributed by atoms with Crippen LogP contribution in [-0.2, 0) is 6.18 Å². The fourth-order valence-corrected chi connectivity index (χ4v) is 1.89. The Kier molecular flexibility index (Phi) is 4.32. The Bertz CT molecular complexity index is 668. The van der Waals surface area contributed by atoms with Crippen molar-refractivity contribution in [2.24, 2.45) is 5.10 Å². The van der Waals surface area contributed by atoms with Crippen molar-refractivity contribution in [3.05, 3.63) is 51.7 Å². The third kappa shape index (κ3) is 3.85. The van der Waals surface area contributed by atoms with Crippen LogP contribution in [0.1, 0.15) is 21.6 Å². The Balaban J connectivity index is 2.12. The molecule has 0 aliphatic rings. The summed E-state index contributed by atoms with van der Waals surface area (Å²) in [7, 11) is 0. The monoisotopic (exact) mass is 317 g/mol. The fourth-order valence-electron chi connectivity index (χ4n) is 1.36. The molecule has 0 bridgehead atoms. The second kappa shape index (κ2) is 6.00. The van der Waals surface area contributed by atoms with Gasteiger partial charge in [-0.1, -0.05) is 0 Å². The minimum absolute atomic E-state index is 0.113. The Morgan fingerprint density at radius 1 is 1.38 bits per heavy atom. The summed E-state index contributed by atoms with van der Waals surface area (Å²) in [6, 6.07) is 1.92. The van der Waals surface area contributed by atoms with Gasteiger partial charge in [-0.15, -0.1) is 11.3 Å². The SMILES string of the molecule is O=C(N/N=C/c1cc(C(F)(F)F)ccc1F)c1cscn1. The molecule has 0 radical (unpaired) electrons. The summed E-state index contributed by atoms with van der Waals surface area (Å²) >= 11 is 1.20. The van der Waals surface area contributed by atoms with Crippen molar-refractivity contribution >= 4 is 23.5 Å². The van der Waals surface area contributed by atoms with Crippen LogP contribution in [0.4, 0.5) is 17.6 Å². The molecule has 4 nitrogen and oxygen atoms in total. The molecule has 21 heavy (non-hydrogen) atoms. The summed E-state index contributed by atoms with van der Waals surface area (Å²) in [6.45, 7) is 0. The molecule has 0 aliphatic carbocycles. The van der Waals surface area contributed by atoms with Gasteiger partial charge in [0.15, 0.2) is 0 Å². The van der Waals surface area contributed by atoms with Crippen molar-refractivity contribution in [2.75, 3.05) is 0 Å². The number of benzene rings is 1. The van der Waals surface area contributed by atoms with Crippen LogP contribution in [0.3, 0.4) is 0 Å². The molecule has 1 aromatic carbocycles. The van der Waals surface area contributed by atoms with E-state index in [-0.39, 0.29) is 11.3 Å². The second-order valence-electron chi connectivity index (χ2n) is 3.81. The van der Waals surface area contributed by atoms with E-state index in [4.69, 9.17) is 0 Å². The molecule has 2 rings (SSSR count). The molecule has 1 N–H and O–H groups in total. The minimum atomic E-state index is -4.58. The van der Waals surface area contributed by atoms with Crippen molar-refractivity contribution in [1.29, 1.82) is 0 Å². The van der Waals surface area contributed by atoms with Gasteiger partial charge < -0.3 is 0 Å². The molecule has 0 spiro atoms. The van der Waals surface area contributed by atoms with E-state index in [1.165, 1.54) is 22.2 Å². The number of thiazole rings is 1. The Morgan fingerprint density at radius 2 is 2.14 bits per heavy atom. The van der Waals surface area contributed by atoms with E-state index in [9.17, 15) is 22.4 Å².